The average Bonchev–Trinajstić information content (AvgIpc) is 2.15. The van der Waals surface area contributed by atoms with Crippen molar-refractivity contribution < 1.29 is 39.6 Å². The van der Waals surface area contributed by atoms with Gasteiger partial charge in [-0.1, -0.05) is 6.07 Å². The van der Waals surface area contributed by atoms with Gasteiger partial charge in [-0.25, -0.2) is 4.79 Å². The Morgan fingerprint density at radius 2 is 1.94 bits per heavy atom. The maximum atomic E-state index is 11.2. The molecule has 1 rings (SSSR count). The van der Waals surface area contributed by atoms with Crippen LogP contribution in [0.2, 0.25) is 0 Å². The van der Waals surface area contributed by atoms with Crippen molar-refractivity contribution in [1.82, 2.24) is 0 Å². The molecule has 1 aromatic rings. The molecule has 5 nitrogen and oxygen atoms in total. The van der Waals surface area contributed by atoms with Crippen molar-refractivity contribution in [3.63, 3.8) is 0 Å². The van der Waals surface area contributed by atoms with Gasteiger partial charge >= 0.3 is 5.97 Å². The molecule has 0 unspecified atom stereocenters. The summed E-state index contributed by atoms with van der Waals surface area (Å²) in [4.78, 5) is 10.8. The number of methoxy groups -OCH3 is 1. The van der Waals surface area contributed by atoms with Gasteiger partial charge in [-0.15, -0.1) is 0 Å². The number of hydrogen-bond donors (Lipinski definition) is 1. The number of ether oxygens (including phenoxy) is 1. The quantitative estimate of drug-likeness (QED) is 0.500. The van der Waals surface area contributed by atoms with Gasteiger partial charge in [0.25, 0.3) is 10.1 Å². The second-order valence-corrected chi connectivity index (χ2v) is 4.36. The zero-order valence-electron chi connectivity index (χ0n) is 8.52. The summed E-state index contributed by atoms with van der Waals surface area (Å²) < 4.78 is 35.2. The summed E-state index contributed by atoms with van der Waals surface area (Å²) in [6.07, 6.45) is 0. The topological polar surface area (TPSA) is 80.7 Å². The third-order valence-electron chi connectivity index (χ3n) is 1.82. The van der Waals surface area contributed by atoms with Gasteiger partial charge in [0.1, 0.15) is 4.90 Å². The Morgan fingerprint density at radius 3 is 2.38 bits per heavy atom. The van der Waals surface area contributed by atoms with Crippen LogP contribution in [0.15, 0.2) is 23.1 Å². The fourth-order valence-corrected chi connectivity index (χ4v) is 1.89. The summed E-state index contributed by atoms with van der Waals surface area (Å²) in [6.45, 7) is 1.65. The van der Waals surface area contributed by atoms with Crippen molar-refractivity contribution >= 4 is 16.1 Å². The largest absolute Gasteiger partial charge is 0.465 e. The first-order valence-corrected chi connectivity index (χ1v) is 5.46. The predicted molar refractivity (Wildman–Crippen MR) is 52.3 cm³/mol. The fraction of sp³-hybridized carbons (Fsp3) is 0.222. The Labute approximate surface area is 104 Å². The Bertz CT molecular complexity index is 495. The Balaban J connectivity index is 0.00000225. The minimum absolute atomic E-state index is 0. The normalized spacial score (nSPS) is 10.4. The van der Waals surface area contributed by atoms with Crippen molar-refractivity contribution in [2.45, 2.75) is 11.8 Å². The Kier molecular flexibility index (Phi) is 5.15. The van der Waals surface area contributed by atoms with Crippen LogP contribution in [-0.2, 0) is 31.9 Å². The number of aryl methyl sites for hydroxylation is 1. The molecule has 0 saturated carbocycles. The van der Waals surface area contributed by atoms with Crippen LogP contribution in [0.25, 0.3) is 0 Å². The van der Waals surface area contributed by atoms with Crippen LogP contribution in [0.4, 0.5) is 0 Å². The van der Waals surface area contributed by atoms with E-state index in [9.17, 15) is 13.2 Å². The molecular weight excluding hydrogens is 284 g/mol. The van der Waals surface area contributed by atoms with Gasteiger partial charge in [-0.05, 0) is 24.6 Å². The van der Waals surface area contributed by atoms with Crippen molar-refractivity contribution in [3.05, 3.63) is 29.3 Å². The van der Waals surface area contributed by atoms with E-state index in [0.717, 1.165) is 7.11 Å². The zero-order valence-corrected chi connectivity index (χ0v) is 10.3. The molecule has 0 aliphatic heterocycles. The first-order chi connectivity index (χ1) is 6.86. The molecule has 0 heterocycles. The molecule has 0 amide bonds. The van der Waals surface area contributed by atoms with Crippen LogP contribution in [0.3, 0.4) is 0 Å². The molecule has 0 fully saturated rings. The van der Waals surface area contributed by atoms with E-state index in [4.69, 9.17) is 4.55 Å². The first-order valence-electron chi connectivity index (χ1n) is 4.02. The fourth-order valence-electron chi connectivity index (χ4n) is 1.12. The summed E-state index contributed by atoms with van der Waals surface area (Å²) in [5, 5.41) is 0. The van der Waals surface area contributed by atoms with Crippen molar-refractivity contribution in [2.24, 2.45) is 0 Å². The van der Waals surface area contributed by atoms with Crippen LogP contribution in [-0.4, -0.2) is 26.0 Å². The molecule has 93 valence electrons. The van der Waals surface area contributed by atoms with Gasteiger partial charge < -0.3 is 4.74 Å². The van der Waals surface area contributed by atoms with E-state index in [0.29, 0.717) is 5.56 Å². The van der Waals surface area contributed by atoms with E-state index in [1.165, 1.54) is 12.1 Å². The van der Waals surface area contributed by atoms with E-state index >= 15 is 0 Å². The number of carbonyl (C=O) groups excluding carboxylic acids is 1. The summed E-state index contributed by atoms with van der Waals surface area (Å²) in [7, 11) is -3.28. The van der Waals surface area contributed by atoms with Crippen LogP contribution in [0, 0.1) is 6.92 Å². The number of esters is 1. The maximum Gasteiger partial charge on any atom is 0.339 e. The summed E-state index contributed by atoms with van der Waals surface area (Å²) in [6, 6.07) is 4.06. The molecule has 0 aliphatic rings. The second kappa shape index (κ2) is 5.45. The molecule has 0 bridgehead atoms. The number of hydrogen-bond acceptors (Lipinski definition) is 4. The van der Waals surface area contributed by atoms with E-state index in [-0.39, 0.29) is 22.6 Å². The van der Waals surface area contributed by atoms with Crippen LogP contribution in [0.1, 0.15) is 15.9 Å². The maximum absolute atomic E-state index is 11.2. The average molecular weight is 294 g/mol. The van der Waals surface area contributed by atoms with Gasteiger partial charge in [-0.2, -0.15) is 8.42 Å². The van der Waals surface area contributed by atoms with E-state index < -0.39 is 21.0 Å². The zero-order chi connectivity index (χ0) is 11.6. The van der Waals surface area contributed by atoms with Gasteiger partial charge in [-0.3, -0.25) is 4.55 Å². The molecule has 1 N–H and O–H groups in total. The number of rotatable bonds is 2. The molecule has 0 aromatic heterocycles. The minimum Gasteiger partial charge on any atom is -0.465 e. The molecule has 1 aromatic carbocycles. The first kappa shape index (κ1) is 15.1. The van der Waals surface area contributed by atoms with Gasteiger partial charge in [0.2, 0.25) is 0 Å². The smallest absolute Gasteiger partial charge is 0.339 e. The molecule has 0 saturated heterocycles. The van der Waals surface area contributed by atoms with Crippen molar-refractivity contribution in [1.29, 1.82) is 0 Å². The second-order valence-electron chi connectivity index (χ2n) is 2.97. The van der Waals surface area contributed by atoms with Crippen LogP contribution >= 0.6 is 0 Å². The number of benzene rings is 1. The Hall–Kier alpha value is -0.881. The van der Waals surface area contributed by atoms with Crippen LogP contribution < -0.4 is 0 Å². The third kappa shape index (κ3) is 3.31. The SMILES string of the molecule is COC(=O)c1ccc(C)cc1S(=O)(=O)O.[Cu]. The van der Waals surface area contributed by atoms with Gasteiger partial charge in [0, 0.05) is 17.1 Å². The molecule has 0 aliphatic carbocycles. The van der Waals surface area contributed by atoms with Crippen LogP contribution in [0.5, 0.6) is 0 Å². The summed E-state index contributed by atoms with van der Waals surface area (Å²) in [5.74, 6) is -0.803. The molecule has 0 spiro atoms. The van der Waals surface area contributed by atoms with Crippen molar-refractivity contribution in [2.75, 3.05) is 7.11 Å². The molecule has 1 radical (unpaired) electrons. The molecule has 7 heteroatoms. The monoisotopic (exact) mass is 293 g/mol. The standard InChI is InChI=1S/C9H10O5S.Cu/c1-6-3-4-7(9(10)14-2)8(5-6)15(11,12)13;/h3-5H,1-2H3,(H,11,12,13);. The predicted octanol–water partition coefficient (Wildman–Crippen LogP) is 1.03. The van der Waals surface area contributed by atoms with Crippen molar-refractivity contribution in [3.8, 4) is 0 Å². The molecule has 16 heavy (non-hydrogen) atoms. The molecular formula is C9H10CuO5S. The van der Waals surface area contributed by atoms with E-state index in [1.807, 2.05) is 0 Å². The van der Waals surface area contributed by atoms with Gasteiger partial charge in [0.15, 0.2) is 0 Å². The number of carbonyl (C=O) groups is 1. The third-order valence-corrected chi connectivity index (χ3v) is 2.71. The summed E-state index contributed by atoms with van der Waals surface area (Å²) in [5.41, 5.74) is 0.445. The van der Waals surface area contributed by atoms with Gasteiger partial charge in [0.05, 0.1) is 12.7 Å². The summed E-state index contributed by atoms with van der Waals surface area (Å²) >= 11 is 0. The van der Waals surface area contributed by atoms with E-state index in [2.05, 4.69) is 4.74 Å². The minimum atomic E-state index is -4.41. The molecule has 0 atom stereocenters. The van der Waals surface area contributed by atoms with E-state index in [1.54, 1.807) is 13.0 Å². The Morgan fingerprint density at radius 1 is 1.38 bits per heavy atom.